The normalized spacial score (nSPS) is 13.8. The van der Waals surface area contributed by atoms with Crippen LogP contribution in [0.2, 0.25) is 0 Å². The number of aliphatic hydroxyl groups is 4. The van der Waals surface area contributed by atoms with Gasteiger partial charge in [0.2, 0.25) is 0 Å². The molecule has 0 amide bonds. The summed E-state index contributed by atoms with van der Waals surface area (Å²) >= 11 is 0. The van der Waals surface area contributed by atoms with Crippen LogP contribution in [0.15, 0.2) is 11.1 Å². The summed E-state index contributed by atoms with van der Waals surface area (Å²) in [4.78, 5) is 11.5. The Labute approximate surface area is 113 Å². The number of carbonyl (C=O) groups is 1. The molecule has 4 N–H and O–H groups in total. The molecule has 0 fully saturated rings. The Bertz CT molecular complexity index is 284. The fraction of sp³-hybridized carbons (Fsp3) is 0.769. The second-order valence-electron chi connectivity index (χ2n) is 4.34. The fourth-order valence-electron chi connectivity index (χ4n) is 1.87. The second kappa shape index (κ2) is 9.91. The van der Waals surface area contributed by atoms with Gasteiger partial charge in [0.25, 0.3) is 0 Å². The number of esters is 1. The number of hydrogen-bond acceptors (Lipinski definition) is 6. The van der Waals surface area contributed by atoms with Gasteiger partial charge in [0.1, 0.15) is 0 Å². The van der Waals surface area contributed by atoms with E-state index in [1.807, 2.05) is 0 Å². The lowest BCUT2D eigenvalue weighted by molar-refractivity contribution is -0.136. The minimum atomic E-state index is -1.01. The van der Waals surface area contributed by atoms with Crippen LogP contribution in [0.4, 0.5) is 0 Å². The van der Waals surface area contributed by atoms with Crippen molar-refractivity contribution in [1.29, 1.82) is 0 Å². The van der Waals surface area contributed by atoms with E-state index in [1.165, 1.54) is 14.0 Å². The first-order valence-electron chi connectivity index (χ1n) is 6.36. The first-order chi connectivity index (χ1) is 8.99. The summed E-state index contributed by atoms with van der Waals surface area (Å²) in [5, 5.41) is 37.6. The molecule has 0 aromatic rings. The van der Waals surface area contributed by atoms with Crippen molar-refractivity contribution in [2.75, 3.05) is 20.3 Å². The lowest BCUT2D eigenvalue weighted by Gasteiger charge is -2.22. The van der Waals surface area contributed by atoms with E-state index in [9.17, 15) is 15.0 Å². The van der Waals surface area contributed by atoms with E-state index in [2.05, 4.69) is 4.74 Å². The molecule has 2 atom stereocenters. The maximum Gasteiger partial charge on any atom is 0.333 e. The standard InChI is InChI=1S/C13H24O6/c1-9(13(18)19-2)12(10(16)5-3-7-14)11(17)6-4-8-15/h10-11,14-17H,3-8H2,1-2H3. The van der Waals surface area contributed by atoms with Gasteiger partial charge in [-0.2, -0.15) is 0 Å². The van der Waals surface area contributed by atoms with E-state index >= 15 is 0 Å². The Morgan fingerprint density at radius 2 is 1.47 bits per heavy atom. The lowest BCUT2D eigenvalue weighted by Crippen LogP contribution is -2.26. The van der Waals surface area contributed by atoms with Crippen LogP contribution in [0.25, 0.3) is 0 Å². The Kier molecular flexibility index (Phi) is 9.42. The average Bonchev–Trinajstić information content (AvgIpc) is 2.41. The molecule has 0 bridgehead atoms. The zero-order valence-electron chi connectivity index (χ0n) is 11.5. The molecular weight excluding hydrogens is 252 g/mol. The van der Waals surface area contributed by atoms with Crippen molar-refractivity contribution in [3.8, 4) is 0 Å². The third-order valence-electron chi connectivity index (χ3n) is 2.91. The summed E-state index contributed by atoms with van der Waals surface area (Å²) in [7, 11) is 1.23. The fourth-order valence-corrected chi connectivity index (χ4v) is 1.87. The predicted molar refractivity (Wildman–Crippen MR) is 69.4 cm³/mol. The Balaban J connectivity index is 5.06. The highest BCUT2D eigenvalue weighted by Gasteiger charge is 2.24. The molecule has 2 unspecified atom stereocenters. The Morgan fingerprint density at radius 3 is 1.79 bits per heavy atom. The van der Waals surface area contributed by atoms with Crippen molar-refractivity contribution >= 4 is 5.97 Å². The van der Waals surface area contributed by atoms with Crippen molar-refractivity contribution < 1.29 is 30.0 Å². The summed E-state index contributed by atoms with van der Waals surface area (Å²) in [6.07, 6.45) is -0.801. The van der Waals surface area contributed by atoms with Crippen LogP contribution in [-0.2, 0) is 9.53 Å². The van der Waals surface area contributed by atoms with Crippen LogP contribution < -0.4 is 0 Å². The molecule has 0 spiro atoms. The predicted octanol–water partition coefficient (Wildman–Crippen LogP) is -0.257. The Hall–Kier alpha value is -0.950. The van der Waals surface area contributed by atoms with Crippen LogP contribution in [0.3, 0.4) is 0 Å². The highest BCUT2D eigenvalue weighted by molar-refractivity contribution is 5.88. The molecule has 6 heteroatoms. The van der Waals surface area contributed by atoms with E-state index in [1.54, 1.807) is 0 Å². The van der Waals surface area contributed by atoms with Gasteiger partial charge in [-0.05, 0) is 38.2 Å². The zero-order valence-corrected chi connectivity index (χ0v) is 11.5. The molecule has 0 saturated carbocycles. The number of aliphatic hydroxyl groups excluding tert-OH is 4. The largest absolute Gasteiger partial charge is 0.466 e. The second-order valence-corrected chi connectivity index (χ2v) is 4.34. The van der Waals surface area contributed by atoms with Gasteiger partial charge in [-0.25, -0.2) is 4.79 Å². The molecule has 0 aliphatic carbocycles. The van der Waals surface area contributed by atoms with E-state index in [0.717, 1.165) is 0 Å². The SMILES string of the molecule is COC(=O)C(C)=C(C(O)CCCO)C(O)CCCO. The molecule has 0 aliphatic heterocycles. The van der Waals surface area contributed by atoms with E-state index in [0.29, 0.717) is 12.8 Å². The molecule has 19 heavy (non-hydrogen) atoms. The maximum atomic E-state index is 11.5. The maximum absolute atomic E-state index is 11.5. The quantitative estimate of drug-likeness (QED) is 0.341. The topological polar surface area (TPSA) is 107 Å². The average molecular weight is 276 g/mol. The van der Waals surface area contributed by atoms with Crippen molar-refractivity contribution in [3.05, 3.63) is 11.1 Å². The van der Waals surface area contributed by atoms with Crippen molar-refractivity contribution in [2.24, 2.45) is 0 Å². The van der Waals surface area contributed by atoms with Gasteiger partial charge >= 0.3 is 5.97 Å². The van der Waals surface area contributed by atoms with Crippen LogP contribution in [-0.4, -0.2) is 58.9 Å². The van der Waals surface area contributed by atoms with Crippen LogP contribution in [0.5, 0.6) is 0 Å². The summed E-state index contributed by atoms with van der Waals surface area (Å²) in [5.74, 6) is -0.610. The summed E-state index contributed by atoms with van der Waals surface area (Å²) in [6.45, 7) is 1.33. The number of ether oxygens (including phenoxy) is 1. The van der Waals surface area contributed by atoms with E-state index < -0.39 is 18.2 Å². The van der Waals surface area contributed by atoms with Gasteiger partial charge in [-0.15, -0.1) is 0 Å². The molecule has 6 nitrogen and oxygen atoms in total. The molecular formula is C13H24O6. The molecule has 0 saturated heterocycles. The van der Waals surface area contributed by atoms with Crippen LogP contribution in [0.1, 0.15) is 32.6 Å². The lowest BCUT2D eigenvalue weighted by atomic mass is 9.92. The van der Waals surface area contributed by atoms with Crippen molar-refractivity contribution in [3.63, 3.8) is 0 Å². The molecule has 0 aromatic heterocycles. The first kappa shape index (κ1) is 18.0. The number of carbonyl (C=O) groups excluding carboxylic acids is 1. The summed E-state index contributed by atoms with van der Waals surface area (Å²) in [5.41, 5.74) is 0.368. The van der Waals surface area contributed by atoms with Crippen LogP contribution in [0, 0.1) is 0 Å². The molecule has 112 valence electrons. The van der Waals surface area contributed by atoms with Gasteiger partial charge in [0.05, 0.1) is 19.3 Å². The number of rotatable bonds is 9. The Morgan fingerprint density at radius 1 is 1.05 bits per heavy atom. The summed E-state index contributed by atoms with van der Waals surface area (Å²) < 4.78 is 4.58. The smallest absolute Gasteiger partial charge is 0.333 e. The van der Waals surface area contributed by atoms with E-state index in [-0.39, 0.29) is 37.2 Å². The third-order valence-corrected chi connectivity index (χ3v) is 2.91. The summed E-state index contributed by atoms with van der Waals surface area (Å²) in [6, 6.07) is 0. The third kappa shape index (κ3) is 6.15. The zero-order chi connectivity index (χ0) is 14.8. The molecule has 0 radical (unpaired) electrons. The van der Waals surface area contributed by atoms with Gasteiger partial charge in [0, 0.05) is 18.8 Å². The van der Waals surface area contributed by atoms with Crippen LogP contribution >= 0.6 is 0 Å². The molecule has 0 aromatic carbocycles. The molecule has 0 heterocycles. The first-order valence-corrected chi connectivity index (χ1v) is 6.36. The number of methoxy groups -OCH3 is 1. The van der Waals surface area contributed by atoms with Gasteiger partial charge in [-0.3, -0.25) is 0 Å². The van der Waals surface area contributed by atoms with Gasteiger partial charge in [0.15, 0.2) is 0 Å². The highest BCUT2D eigenvalue weighted by atomic mass is 16.5. The minimum absolute atomic E-state index is 0.0751. The molecule has 0 rings (SSSR count). The highest BCUT2D eigenvalue weighted by Crippen LogP contribution is 2.21. The number of hydrogen-bond donors (Lipinski definition) is 4. The van der Waals surface area contributed by atoms with Gasteiger partial charge in [-0.1, -0.05) is 0 Å². The monoisotopic (exact) mass is 276 g/mol. The van der Waals surface area contributed by atoms with Gasteiger partial charge < -0.3 is 25.2 Å². The molecule has 0 aliphatic rings. The van der Waals surface area contributed by atoms with Crippen molar-refractivity contribution in [2.45, 2.75) is 44.8 Å². The van der Waals surface area contributed by atoms with Crippen molar-refractivity contribution in [1.82, 2.24) is 0 Å². The minimum Gasteiger partial charge on any atom is -0.466 e. The van der Waals surface area contributed by atoms with E-state index in [4.69, 9.17) is 10.2 Å².